The third kappa shape index (κ3) is 2.59. The molecule has 20 heavy (non-hydrogen) atoms. The van der Waals surface area contributed by atoms with Gasteiger partial charge in [0.2, 0.25) is 0 Å². The second-order valence-corrected chi connectivity index (χ2v) is 4.53. The van der Waals surface area contributed by atoms with Crippen LogP contribution in [0.5, 0.6) is 5.75 Å². The monoisotopic (exact) mass is 271 g/mol. The molecule has 3 rings (SSSR count). The van der Waals surface area contributed by atoms with Gasteiger partial charge in [-0.15, -0.1) is 0 Å². The first kappa shape index (κ1) is 12.5. The molecule has 1 aliphatic heterocycles. The summed E-state index contributed by atoms with van der Waals surface area (Å²) < 4.78 is 5.68. The number of hydrogen-bond acceptors (Lipinski definition) is 5. The van der Waals surface area contributed by atoms with Gasteiger partial charge in [0, 0.05) is 11.3 Å². The lowest BCUT2D eigenvalue weighted by atomic mass is 10.2. The van der Waals surface area contributed by atoms with Crippen molar-refractivity contribution in [3.8, 4) is 5.75 Å². The minimum atomic E-state index is 0.742. The minimum absolute atomic E-state index is 0.742. The fraction of sp³-hybridized carbons (Fsp3) is 0.286. The Morgan fingerprint density at radius 2 is 2.30 bits per heavy atom. The molecule has 0 atom stereocenters. The molecule has 1 N–H and O–H groups in total. The summed E-state index contributed by atoms with van der Waals surface area (Å²) in [5.41, 5.74) is 2.92. The van der Waals surface area contributed by atoms with E-state index in [2.05, 4.69) is 22.7 Å². The molecule has 0 amide bonds. The zero-order valence-corrected chi connectivity index (χ0v) is 11.4. The molecule has 1 aliphatic rings. The molecular weight excluding hydrogens is 254 g/mol. The van der Waals surface area contributed by atoms with E-state index in [1.807, 2.05) is 36.7 Å². The lowest BCUT2D eigenvalue weighted by molar-refractivity contribution is 0.309. The first-order chi connectivity index (χ1) is 9.86. The Morgan fingerprint density at radius 3 is 3.10 bits per heavy atom. The molecule has 0 aliphatic carbocycles. The number of hydrogen-bond donors (Lipinski definition) is 1. The maximum atomic E-state index is 5.68. The predicted molar refractivity (Wildman–Crippen MR) is 75.7 cm³/mol. The molecule has 0 spiro atoms. The average molecular weight is 271 g/mol. The first-order valence-electron chi connectivity index (χ1n) is 6.74. The second kappa shape index (κ2) is 5.64. The van der Waals surface area contributed by atoms with Crippen LogP contribution in [0.1, 0.15) is 19.8 Å². The number of hydrazine groups is 1. The summed E-state index contributed by atoms with van der Waals surface area (Å²) in [6, 6.07) is 7.76. The highest BCUT2D eigenvalue weighted by atomic mass is 16.5. The Labute approximate surface area is 116 Å². The molecule has 0 unspecified atom stereocenters. The first-order valence-corrected chi connectivity index (χ1v) is 6.74. The highest BCUT2D eigenvalue weighted by molar-refractivity contribution is 5.35. The Kier molecular flexibility index (Phi) is 3.54. The van der Waals surface area contributed by atoms with E-state index in [4.69, 9.17) is 4.74 Å². The number of ether oxygens (including phenoxy) is 1. The van der Waals surface area contributed by atoms with Gasteiger partial charge in [-0.25, -0.2) is 0 Å². The van der Waals surface area contributed by atoms with E-state index >= 15 is 0 Å². The molecule has 1 aromatic carbocycles. The second-order valence-electron chi connectivity index (χ2n) is 4.53. The average Bonchev–Trinajstić information content (AvgIpc) is 3.01. The van der Waals surface area contributed by atoms with Gasteiger partial charge in [-0.05, 0) is 24.6 Å². The van der Waals surface area contributed by atoms with Crippen molar-refractivity contribution < 1.29 is 4.74 Å². The van der Waals surface area contributed by atoms with Crippen LogP contribution < -0.4 is 26.0 Å². The molecule has 0 saturated carbocycles. The summed E-state index contributed by atoms with van der Waals surface area (Å²) in [6.07, 6.45) is 7.68. The van der Waals surface area contributed by atoms with Crippen molar-refractivity contribution >= 4 is 6.20 Å². The topological polar surface area (TPSA) is 54.7 Å². The van der Waals surface area contributed by atoms with E-state index in [-0.39, 0.29) is 0 Å². The Balaban J connectivity index is 1.82. The summed E-state index contributed by atoms with van der Waals surface area (Å²) >= 11 is 0. The number of nitrogens with one attached hydrogen (secondary N) is 1. The van der Waals surface area contributed by atoms with Crippen LogP contribution in [-0.2, 0) is 0 Å². The lowest BCUT2D eigenvalue weighted by Crippen LogP contribution is -2.48. The minimum Gasteiger partial charge on any atom is -0.494 e. The van der Waals surface area contributed by atoms with Gasteiger partial charge in [0.1, 0.15) is 5.75 Å². The smallest absolute Gasteiger partial charge is 0.121 e. The third-order valence-corrected chi connectivity index (χ3v) is 3.01. The van der Waals surface area contributed by atoms with Gasteiger partial charge in [-0.2, -0.15) is 25.6 Å². The summed E-state index contributed by atoms with van der Waals surface area (Å²) in [6.45, 7) is 2.89. The van der Waals surface area contributed by atoms with Crippen LogP contribution in [0, 0.1) is 0 Å². The van der Waals surface area contributed by atoms with Crippen molar-refractivity contribution in [1.29, 1.82) is 0 Å². The van der Waals surface area contributed by atoms with Crippen molar-refractivity contribution in [2.24, 2.45) is 5.10 Å². The number of unbranched alkanes of at least 4 members (excludes halogenated alkanes) is 1. The SMILES string of the molecule is CCCCOc1ccc2c(c1)=NNN(n1cccn1)C=2. The Morgan fingerprint density at radius 1 is 1.35 bits per heavy atom. The summed E-state index contributed by atoms with van der Waals surface area (Å²) in [7, 11) is 0. The van der Waals surface area contributed by atoms with Crippen LogP contribution in [-0.4, -0.2) is 16.5 Å². The number of fused-ring (bicyclic) bond motifs is 1. The maximum absolute atomic E-state index is 5.68. The van der Waals surface area contributed by atoms with E-state index < -0.39 is 0 Å². The van der Waals surface area contributed by atoms with Gasteiger partial charge >= 0.3 is 0 Å². The number of nitrogens with zero attached hydrogens (tertiary/aromatic N) is 4. The fourth-order valence-electron chi connectivity index (χ4n) is 1.91. The zero-order chi connectivity index (χ0) is 13.8. The number of benzene rings is 1. The van der Waals surface area contributed by atoms with Crippen LogP contribution in [0.25, 0.3) is 6.20 Å². The molecule has 0 saturated heterocycles. The number of aromatic nitrogens is 2. The van der Waals surface area contributed by atoms with Crippen LogP contribution in [0.4, 0.5) is 0 Å². The van der Waals surface area contributed by atoms with Crippen LogP contribution in [0.3, 0.4) is 0 Å². The van der Waals surface area contributed by atoms with Gasteiger partial charge in [-0.3, -0.25) is 0 Å². The molecule has 2 heterocycles. The molecule has 1 aromatic heterocycles. The van der Waals surface area contributed by atoms with Crippen LogP contribution >= 0.6 is 0 Å². The van der Waals surface area contributed by atoms with Gasteiger partial charge in [0.05, 0.1) is 30.6 Å². The van der Waals surface area contributed by atoms with Gasteiger partial charge in [0.25, 0.3) is 0 Å². The lowest BCUT2D eigenvalue weighted by Gasteiger charge is -2.20. The van der Waals surface area contributed by atoms with Gasteiger partial charge in [-0.1, -0.05) is 13.3 Å². The van der Waals surface area contributed by atoms with E-state index in [1.165, 1.54) is 0 Å². The largest absolute Gasteiger partial charge is 0.494 e. The van der Waals surface area contributed by atoms with Crippen molar-refractivity contribution in [1.82, 2.24) is 15.4 Å². The molecule has 6 heteroatoms. The highest BCUT2D eigenvalue weighted by Crippen LogP contribution is 2.05. The summed E-state index contributed by atoms with van der Waals surface area (Å²) in [5.74, 6) is 0.851. The van der Waals surface area contributed by atoms with E-state index in [1.54, 1.807) is 16.1 Å². The van der Waals surface area contributed by atoms with Crippen molar-refractivity contribution in [2.45, 2.75) is 19.8 Å². The number of rotatable bonds is 5. The van der Waals surface area contributed by atoms with Gasteiger partial charge in [0.15, 0.2) is 0 Å². The quantitative estimate of drug-likeness (QED) is 0.804. The molecule has 6 nitrogen and oxygen atoms in total. The molecule has 104 valence electrons. The van der Waals surface area contributed by atoms with Crippen LogP contribution in [0.15, 0.2) is 41.8 Å². The van der Waals surface area contributed by atoms with Crippen molar-refractivity contribution in [3.63, 3.8) is 0 Å². The molecule has 2 aromatic rings. The fourth-order valence-corrected chi connectivity index (χ4v) is 1.91. The Bertz CT molecular complexity index is 680. The molecule has 0 bridgehead atoms. The van der Waals surface area contributed by atoms with E-state index in [0.717, 1.165) is 35.8 Å². The molecule has 0 radical (unpaired) electrons. The molecular formula is C14H17N5O. The normalized spacial score (nSPS) is 12.9. The zero-order valence-electron chi connectivity index (χ0n) is 11.4. The highest BCUT2D eigenvalue weighted by Gasteiger charge is 2.05. The van der Waals surface area contributed by atoms with Crippen LogP contribution in [0.2, 0.25) is 0 Å². The summed E-state index contributed by atoms with van der Waals surface area (Å²) in [4.78, 5) is 1.66. The predicted octanol–water partition coefficient (Wildman–Crippen LogP) is 0.491. The van der Waals surface area contributed by atoms with Crippen molar-refractivity contribution in [3.05, 3.63) is 47.2 Å². The summed E-state index contributed by atoms with van der Waals surface area (Å²) in [5, 5.41) is 12.1. The van der Waals surface area contributed by atoms with Gasteiger partial charge < -0.3 is 4.74 Å². The third-order valence-electron chi connectivity index (χ3n) is 3.01. The van der Waals surface area contributed by atoms with E-state index in [0.29, 0.717) is 0 Å². The maximum Gasteiger partial charge on any atom is 0.121 e. The standard InChI is InChI=1S/C14H17N5O/c1-2-3-9-20-13-6-5-12-11-19(17-16-14(12)10-13)18-8-4-7-15-18/h4-8,10-11,17H,2-3,9H2,1H3. The Hall–Kier alpha value is -2.50. The molecule has 0 fully saturated rings. The van der Waals surface area contributed by atoms with E-state index in [9.17, 15) is 0 Å². The van der Waals surface area contributed by atoms with Crippen molar-refractivity contribution in [2.75, 3.05) is 11.7 Å².